The zero-order chi connectivity index (χ0) is 7.72. The van der Waals surface area contributed by atoms with Crippen molar-refractivity contribution >= 4 is 21.7 Å². The first kappa shape index (κ1) is 7.20. The molecular formula is C4H4BrN3O2. The highest BCUT2D eigenvalue weighted by Gasteiger charge is 2.14. The van der Waals surface area contributed by atoms with E-state index in [1.54, 1.807) is 6.92 Å². The maximum atomic E-state index is 10.1. The second-order valence-electron chi connectivity index (χ2n) is 1.75. The Hall–Kier alpha value is -0.910. The van der Waals surface area contributed by atoms with Gasteiger partial charge in [0.1, 0.15) is 0 Å². The van der Waals surface area contributed by atoms with Gasteiger partial charge in [-0.2, -0.15) is 0 Å². The summed E-state index contributed by atoms with van der Waals surface area (Å²) in [6.07, 6.45) is 0. The van der Waals surface area contributed by atoms with Gasteiger partial charge in [0, 0.05) is 0 Å². The Kier molecular flexibility index (Phi) is 1.71. The van der Waals surface area contributed by atoms with Crippen LogP contribution in [0.3, 0.4) is 0 Å². The molecule has 0 saturated carbocycles. The van der Waals surface area contributed by atoms with Crippen LogP contribution in [0.25, 0.3) is 0 Å². The molecule has 0 amide bonds. The van der Waals surface area contributed by atoms with Gasteiger partial charge in [-0.1, -0.05) is 5.10 Å². The fourth-order valence-electron chi connectivity index (χ4n) is 0.545. The number of H-pyrrole nitrogens is 1. The van der Waals surface area contributed by atoms with E-state index in [9.17, 15) is 10.1 Å². The number of aromatic amines is 1. The normalized spacial score (nSPS) is 9.80. The molecule has 0 fully saturated rings. The standard InChI is InChI=1S/C4H4BrN3O2/c1-2-3(5)6-7-4(2)8(9)10/h1H3,(H,6,7). The van der Waals surface area contributed by atoms with Gasteiger partial charge in [0.15, 0.2) is 4.60 Å². The van der Waals surface area contributed by atoms with Crippen LogP contribution < -0.4 is 0 Å². The van der Waals surface area contributed by atoms with Crippen molar-refractivity contribution in [3.63, 3.8) is 0 Å². The molecule has 0 unspecified atom stereocenters. The third kappa shape index (κ3) is 1.02. The van der Waals surface area contributed by atoms with E-state index in [1.807, 2.05) is 0 Å². The van der Waals surface area contributed by atoms with Gasteiger partial charge in [0.25, 0.3) is 0 Å². The summed E-state index contributed by atoms with van der Waals surface area (Å²) >= 11 is 3.04. The largest absolute Gasteiger partial charge is 0.358 e. The highest BCUT2D eigenvalue weighted by molar-refractivity contribution is 9.10. The first-order valence-corrected chi connectivity index (χ1v) is 3.27. The molecule has 0 aromatic carbocycles. The maximum Gasteiger partial charge on any atom is 0.346 e. The highest BCUT2D eigenvalue weighted by atomic mass is 79.9. The van der Waals surface area contributed by atoms with Gasteiger partial charge in [-0.3, -0.25) is 0 Å². The number of aromatic nitrogens is 2. The van der Waals surface area contributed by atoms with E-state index in [-0.39, 0.29) is 5.82 Å². The average molecular weight is 206 g/mol. The lowest BCUT2D eigenvalue weighted by Crippen LogP contribution is -1.89. The topological polar surface area (TPSA) is 71.8 Å². The molecule has 0 spiro atoms. The summed E-state index contributed by atoms with van der Waals surface area (Å²) in [4.78, 5) is 9.64. The minimum atomic E-state index is -0.507. The summed E-state index contributed by atoms with van der Waals surface area (Å²) in [5.74, 6) is -0.0631. The molecule has 0 aliphatic heterocycles. The van der Waals surface area contributed by atoms with Gasteiger partial charge < -0.3 is 10.1 Å². The van der Waals surface area contributed by atoms with Crippen LogP contribution in [0.4, 0.5) is 5.82 Å². The Bertz CT molecular complexity index is 269. The van der Waals surface area contributed by atoms with Crippen molar-refractivity contribution in [3.05, 3.63) is 20.3 Å². The Morgan fingerprint density at radius 2 is 2.40 bits per heavy atom. The minimum absolute atomic E-state index is 0.0631. The number of halogens is 1. The fraction of sp³-hybridized carbons (Fsp3) is 0.250. The SMILES string of the molecule is Cc1c(Br)n[nH]c1[N+](=O)[O-]. The van der Waals surface area contributed by atoms with Crippen molar-refractivity contribution in [1.82, 2.24) is 10.2 Å². The molecule has 0 radical (unpaired) electrons. The molecule has 0 aliphatic carbocycles. The zero-order valence-corrected chi connectivity index (χ0v) is 6.67. The molecule has 0 aliphatic rings. The number of rotatable bonds is 1. The number of nitro groups is 1. The Morgan fingerprint density at radius 1 is 1.80 bits per heavy atom. The van der Waals surface area contributed by atoms with Crippen LogP contribution in [0, 0.1) is 17.0 Å². The van der Waals surface area contributed by atoms with Crippen molar-refractivity contribution in [2.75, 3.05) is 0 Å². The first-order valence-electron chi connectivity index (χ1n) is 2.47. The fourth-order valence-corrected chi connectivity index (χ4v) is 0.822. The Balaban J connectivity index is 3.17. The zero-order valence-electron chi connectivity index (χ0n) is 5.09. The van der Waals surface area contributed by atoms with Crippen molar-refractivity contribution in [1.29, 1.82) is 0 Å². The summed E-state index contributed by atoms with van der Waals surface area (Å²) in [5, 5.41) is 16.0. The molecule has 1 aromatic rings. The Labute approximate surface area is 64.7 Å². The third-order valence-corrected chi connectivity index (χ3v) is 1.88. The van der Waals surface area contributed by atoms with Gasteiger partial charge in [0.05, 0.1) is 5.56 Å². The van der Waals surface area contributed by atoms with Gasteiger partial charge in [-0.15, -0.1) is 5.10 Å². The molecule has 5 nitrogen and oxygen atoms in total. The summed E-state index contributed by atoms with van der Waals surface area (Å²) in [6.45, 7) is 1.62. The van der Waals surface area contributed by atoms with Gasteiger partial charge in [-0.25, -0.2) is 0 Å². The number of hydrogen-bond acceptors (Lipinski definition) is 3. The summed E-state index contributed by atoms with van der Waals surface area (Å²) in [5.41, 5.74) is 0.519. The molecule has 0 bridgehead atoms. The predicted octanol–water partition coefficient (Wildman–Crippen LogP) is 1.39. The van der Waals surface area contributed by atoms with Gasteiger partial charge >= 0.3 is 5.82 Å². The van der Waals surface area contributed by atoms with Crippen LogP contribution in [0.5, 0.6) is 0 Å². The van der Waals surface area contributed by atoms with E-state index < -0.39 is 4.92 Å². The van der Waals surface area contributed by atoms with Crippen molar-refractivity contribution in [2.24, 2.45) is 0 Å². The van der Waals surface area contributed by atoms with Gasteiger partial charge in [-0.05, 0) is 27.8 Å². The third-order valence-electron chi connectivity index (χ3n) is 1.11. The van der Waals surface area contributed by atoms with Crippen molar-refractivity contribution in [2.45, 2.75) is 6.92 Å². The second kappa shape index (κ2) is 2.37. The molecule has 1 aromatic heterocycles. The lowest BCUT2D eigenvalue weighted by molar-refractivity contribution is -0.390. The summed E-state index contributed by atoms with van der Waals surface area (Å²) in [7, 11) is 0. The predicted molar refractivity (Wildman–Crippen MR) is 37.7 cm³/mol. The molecule has 10 heavy (non-hydrogen) atoms. The highest BCUT2D eigenvalue weighted by Crippen LogP contribution is 2.20. The Morgan fingerprint density at radius 3 is 2.60 bits per heavy atom. The van der Waals surface area contributed by atoms with Crippen molar-refractivity contribution in [3.8, 4) is 0 Å². The van der Waals surface area contributed by atoms with Crippen LogP contribution in [-0.2, 0) is 0 Å². The van der Waals surface area contributed by atoms with E-state index in [0.29, 0.717) is 10.2 Å². The monoisotopic (exact) mass is 205 g/mol. The molecule has 0 atom stereocenters. The van der Waals surface area contributed by atoms with E-state index >= 15 is 0 Å². The quantitative estimate of drug-likeness (QED) is 0.557. The average Bonchev–Trinajstić information content (AvgIpc) is 2.14. The molecule has 0 saturated heterocycles. The van der Waals surface area contributed by atoms with Crippen LogP contribution in [0.15, 0.2) is 4.60 Å². The van der Waals surface area contributed by atoms with E-state index in [1.165, 1.54) is 0 Å². The summed E-state index contributed by atoms with van der Waals surface area (Å²) in [6, 6.07) is 0. The van der Waals surface area contributed by atoms with E-state index in [4.69, 9.17) is 0 Å². The molecular weight excluding hydrogens is 202 g/mol. The van der Waals surface area contributed by atoms with Crippen LogP contribution in [0.2, 0.25) is 0 Å². The van der Waals surface area contributed by atoms with E-state index in [2.05, 4.69) is 26.1 Å². The van der Waals surface area contributed by atoms with E-state index in [0.717, 1.165) is 0 Å². The van der Waals surface area contributed by atoms with Crippen molar-refractivity contribution < 1.29 is 4.92 Å². The molecule has 1 rings (SSSR count). The molecule has 6 heteroatoms. The van der Waals surface area contributed by atoms with Crippen LogP contribution in [-0.4, -0.2) is 15.1 Å². The molecule has 1 N–H and O–H groups in total. The lowest BCUT2D eigenvalue weighted by atomic mass is 10.4. The number of hydrogen-bond donors (Lipinski definition) is 1. The number of nitrogens with zero attached hydrogens (tertiary/aromatic N) is 2. The minimum Gasteiger partial charge on any atom is -0.358 e. The first-order chi connectivity index (χ1) is 4.63. The lowest BCUT2D eigenvalue weighted by Gasteiger charge is -1.88. The molecule has 54 valence electrons. The smallest absolute Gasteiger partial charge is 0.346 e. The van der Waals surface area contributed by atoms with Gasteiger partial charge in [0.2, 0.25) is 0 Å². The maximum absolute atomic E-state index is 10.1. The van der Waals surface area contributed by atoms with Crippen LogP contribution >= 0.6 is 15.9 Å². The van der Waals surface area contributed by atoms with Crippen LogP contribution in [0.1, 0.15) is 5.56 Å². The second-order valence-corrected chi connectivity index (χ2v) is 2.50. The number of nitrogens with one attached hydrogen (secondary N) is 1. The summed E-state index contributed by atoms with van der Waals surface area (Å²) < 4.78 is 0.485. The molecule has 1 heterocycles.